The van der Waals surface area contributed by atoms with E-state index in [0.717, 1.165) is 30.7 Å². The normalized spacial score (nSPS) is 18.4. The molecule has 7 nitrogen and oxygen atoms in total. The lowest BCUT2D eigenvalue weighted by Crippen LogP contribution is -2.55. The van der Waals surface area contributed by atoms with E-state index in [2.05, 4.69) is 24.1 Å². The average molecular weight is 287 g/mol. The van der Waals surface area contributed by atoms with Crippen molar-refractivity contribution in [3.8, 4) is 0 Å². The Morgan fingerprint density at radius 2 is 1.89 bits per heavy atom. The number of piperazine rings is 1. The second-order valence-corrected chi connectivity index (χ2v) is 5.72. The summed E-state index contributed by atoms with van der Waals surface area (Å²) in [7, 11) is 4.29. The fraction of sp³-hybridized carbons (Fsp3) is 0.636. The number of halogens is 1. The van der Waals surface area contributed by atoms with Crippen molar-refractivity contribution in [3.05, 3.63) is 21.1 Å². The first-order valence-corrected chi connectivity index (χ1v) is 6.43. The number of hydrogen-bond acceptors (Lipinski definition) is 5. The number of quaternary nitrogens is 1. The van der Waals surface area contributed by atoms with Gasteiger partial charge in [0.05, 0.1) is 45.2 Å². The van der Waals surface area contributed by atoms with Crippen LogP contribution in [0.3, 0.4) is 0 Å². The SMILES string of the molecule is Cc1nc(Cl)c([N+](=O)[O-])c(N2CC[N+](C)(C)CC2)n1. The highest BCUT2D eigenvalue weighted by molar-refractivity contribution is 6.31. The average Bonchev–Trinajstić information content (AvgIpc) is 2.26. The summed E-state index contributed by atoms with van der Waals surface area (Å²) in [6.45, 7) is 4.96. The van der Waals surface area contributed by atoms with Crippen molar-refractivity contribution in [1.29, 1.82) is 0 Å². The molecule has 1 saturated heterocycles. The zero-order chi connectivity index (χ0) is 14.2. The largest absolute Gasteiger partial charge is 0.348 e. The van der Waals surface area contributed by atoms with Crippen LogP contribution in [0.2, 0.25) is 5.15 Å². The van der Waals surface area contributed by atoms with Crippen LogP contribution in [-0.2, 0) is 0 Å². The molecule has 0 amide bonds. The summed E-state index contributed by atoms with van der Waals surface area (Å²) in [6, 6.07) is 0. The van der Waals surface area contributed by atoms with Crippen molar-refractivity contribution < 1.29 is 9.41 Å². The van der Waals surface area contributed by atoms with Crippen molar-refractivity contribution in [2.24, 2.45) is 0 Å². The van der Waals surface area contributed by atoms with E-state index < -0.39 is 4.92 Å². The molecule has 0 atom stereocenters. The summed E-state index contributed by atoms with van der Waals surface area (Å²) >= 11 is 5.88. The van der Waals surface area contributed by atoms with Crippen molar-refractivity contribution >= 4 is 23.1 Å². The monoisotopic (exact) mass is 286 g/mol. The lowest BCUT2D eigenvalue weighted by Gasteiger charge is -2.39. The van der Waals surface area contributed by atoms with Crippen LogP contribution in [0.5, 0.6) is 0 Å². The van der Waals surface area contributed by atoms with E-state index in [0.29, 0.717) is 11.6 Å². The van der Waals surface area contributed by atoms with E-state index in [1.54, 1.807) is 6.92 Å². The predicted octanol–water partition coefficient (Wildman–Crippen LogP) is 1.24. The lowest BCUT2D eigenvalue weighted by atomic mass is 10.2. The number of likely N-dealkylation sites (N-methyl/N-ethyl adjacent to an activating group) is 1. The molecule has 0 spiro atoms. The molecule has 8 heteroatoms. The first kappa shape index (κ1) is 14.0. The van der Waals surface area contributed by atoms with Gasteiger partial charge in [0.1, 0.15) is 5.82 Å². The maximum atomic E-state index is 11.1. The molecular weight excluding hydrogens is 270 g/mol. The fourth-order valence-electron chi connectivity index (χ4n) is 2.11. The maximum absolute atomic E-state index is 11.1. The third kappa shape index (κ3) is 2.93. The van der Waals surface area contributed by atoms with Gasteiger partial charge in [-0.25, -0.2) is 9.97 Å². The summed E-state index contributed by atoms with van der Waals surface area (Å²) < 4.78 is 0.905. The Morgan fingerprint density at radius 3 is 2.42 bits per heavy atom. The quantitative estimate of drug-likeness (QED) is 0.354. The summed E-state index contributed by atoms with van der Waals surface area (Å²) in [6.07, 6.45) is 0. The Bertz CT molecular complexity index is 510. The molecule has 0 saturated carbocycles. The number of aryl methyl sites for hydroxylation is 1. The zero-order valence-electron chi connectivity index (χ0n) is 11.3. The number of nitro groups is 1. The summed E-state index contributed by atoms with van der Waals surface area (Å²) in [5.74, 6) is 0.784. The van der Waals surface area contributed by atoms with Crippen LogP contribution in [0.1, 0.15) is 5.82 Å². The van der Waals surface area contributed by atoms with Crippen molar-refractivity contribution in [2.75, 3.05) is 45.2 Å². The van der Waals surface area contributed by atoms with Gasteiger partial charge < -0.3 is 9.38 Å². The van der Waals surface area contributed by atoms with Crippen LogP contribution < -0.4 is 4.90 Å². The predicted molar refractivity (Wildman–Crippen MR) is 72.5 cm³/mol. The molecule has 1 aromatic heterocycles. The molecule has 2 heterocycles. The van der Waals surface area contributed by atoms with E-state index in [9.17, 15) is 10.1 Å². The van der Waals surface area contributed by atoms with E-state index >= 15 is 0 Å². The third-order valence-electron chi connectivity index (χ3n) is 3.37. The van der Waals surface area contributed by atoms with E-state index in [-0.39, 0.29) is 10.8 Å². The van der Waals surface area contributed by atoms with Crippen LogP contribution in [0, 0.1) is 17.0 Å². The molecular formula is C11H17ClN5O2+. The zero-order valence-corrected chi connectivity index (χ0v) is 12.0. The molecule has 0 bridgehead atoms. The molecule has 0 radical (unpaired) electrons. The topological polar surface area (TPSA) is 72.2 Å². The molecule has 19 heavy (non-hydrogen) atoms. The van der Waals surface area contributed by atoms with E-state index in [1.165, 1.54) is 0 Å². The number of aromatic nitrogens is 2. The Labute approximate surface area is 116 Å². The minimum atomic E-state index is -0.508. The van der Waals surface area contributed by atoms with Crippen LogP contribution in [0.25, 0.3) is 0 Å². The smallest absolute Gasteiger partial charge is 0.339 e. The van der Waals surface area contributed by atoms with Gasteiger partial charge in [-0.3, -0.25) is 10.1 Å². The van der Waals surface area contributed by atoms with Gasteiger partial charge in [-0.15, -0.1) is 0 Å². The van der Waals surface area contributed by atoms with Crippen LogP contribution in [0.15, 0.2) is 0 Å². The Kier molecular flexibility index (Phi) is 3.60. The molecule has 0 unspecified atom stereocenters. The highest BCUT2D eigenvalue weighted by Crippen LogP contribution is 2.32. The van der Waals surface area contributed by atoms with E-state index in [4.69, 9.17) is 11.6 Å². The van der Waals surface area contributed by atoms with Gasteiger partial charge in [0.15, 0.2) is 0 Å². The van der Waals surface area contributed by atoms with Gasteiger partial charge in [-0.2, -0.15) is 0 Å². The summed E-state index contributed by atoms with van der Waals surface area (Å²) in [5, 5.41) is 11.0. The molecule has 1 fully saturated rings. The maximum Gasteiger partial charge on any atom is 0.348 e. The minimum Gasteiger partial charge on any atom is -0.339 e. The Morgan fingerprint density at radius 1 is 1.32 bits per heavy atom. The molecule has 0 aliphatic carbocycles. The van der Waals surface area contributed by atoms with E-state index in [1.807, 2.05) is 4.90 Å². The van der Waals surface area contributed by atoms with Crippen molar-refractivity contribution in [2.45, 2.75) is 6.92 Å². The minimum absolute atomic E-state index is 0.0909. The van der Waals surface area contributed by atoms with Crippen LogP contribution >= 0.6 is 11.6 Å². The molecule has 1 aliphatic heterocycles. The second kappa shape index (κ2) is 4.90. The molecule has 1 aromatic rings. The highest BCUT2D eigenvalue weighted by atomic mass is 35.5. The summed E-state index contributed by atoms with van der Waals surface area (Å²) in [5.41, 5.74) is -0.195. The lowest BCUT2D eigenvalue weighted by molar-refractivity contribution is -0.890. The summed E-state index contributed by atoms with van der Waals surface area (Å²) in [4.78, 5) is 20.6. The molecule has 0 aromatic carbocycles. The molecule has 2 rings (SSSR count). The number of hydrogen-bond donors (Lipinski definition) is 0. The van der Waals surface area contributed by atoms with Crippen LogP contribution in [0.4, 0.5) is 11.5 Å². The van der Waals surface area contributed by atoms with Gasteiger partial charge in [0.2, 0.25) is 11.0 Å². The van der Waals surface area contributed by atoms with Gasteiger partial charge in [-0.1, -0.05) is 11.6 Å². The van der Waals surface area contributed by atoms with Gasteiger partial charge >= 0.3 is 5.69 Å². The number of nitrogens with zero attached hydrogens (tertiary/aromatic N) is 5. The second-order valence-electron chi connectivity index (χ2n) is 5.36. The van der Waals surface area contributed by atoms with Crippen molar-refractivity contribution in [1.82, 2.24) is 9.97 Å². The number of anilines is 1. The Balaban J connectivity index is 2.37. The van der Waals surface area contributed by atoms with Gasteiger partial charge in [0.25, 0.3) is 0 Å². The first-order chi connectivity index (χ1) is 8.80. The third-order valence-corrected chi connectivity index (χ3v) is 3.63. The molecule has 1 aliphatic rings. The molecule has 0 N–H and O–H groups in total. The fourth-order valence-corrected chi connectivity index (χ4v) is 2.39. The Hall–Kier alpha value is -1.47. The van der Waals surface area contributed by atoms with Gasteiger partial charge in [-0.05, 0) is 6.92 Å². The standard InChI is InChI=1S/C11H17ClN5O2/c1-8-13-10(12)9(16(18)19)11(14-8)15-4-6-17(2,3)7-5-15/h4-7H2,1-3H3/q+1. The van der Waals surface area contributed by atoms with Gasteiger partial charge in [0, 0.05) is 0 Å². The van der Waals surface area contributed by atoms with Crippen LogP contribution in [-0.4, -0.2) is 59.6 Å². The number of rotatable bonds is 2. The first-order valence-electron chi connectivity index (χ1n) is 6.06. The molecule has 104 valence electrons. The highest BCUT2D eigenvalue weighted by Gasteiger charge is 2.32. The van der Waals surface area contributed by atoms with Crippen molar-refractivity contribution in [3.63, 3.8) is 0 Å².